The molecule has 2 aromatic carbocycles. The van der Waals surface area contributed by atoms with Crippen molar-refractivity contribution in [2.24, 2.45) is 0 Å². The maximum Gasteiger partial charge on any atom is 0.434 e. The molecule has 0 aliphatic rings. The molecule has 0 radical (unpaired) electrons. The van der Waals surface area contributed by atoms with Crippen molar-refractivity contribution in [3.8, 4) is 0 Å². The van der Waals surface area contributed by atoms with Gasteiger partial charge in [-0.3, -0.25) is 0 Å². The molecule has 2 heterocycles. The van der Waals surface area contributed by atoms with E-state index in [9.17, 15) is 4.79 Å². The molecule has 20 heavy (non-hydrogen) atoms. The predicted octanol–water partition coefficient (Wildman–Crippen LogP) is 2.52. The molecular weight excluding hydrogens is 254 g/mol. The smallest absolute Gasteiger partial charge is 0.390 e. The Bertz CT molecular complexity index is 908. The van der Waals surface area contributed by atoms with Gasteiger partial charge in [-0.05, 0) is 12.1 Å². The zero-order valence-electron chi connectivity index (χ0n) is 10.5. The van der Waals surface area contributed by atoms with Gasteiger partial charge in [0.1, 0.15) is 6.54 Å². The van der Waals surface area contributed by atoms with E-state index in [1.165, 1.54) is 10.8 Å². The molecule has 0 saturated heterocycles. The number of hydrogen-bond acceptors (Lipinski definition) is 3. The van der Waals surface area contributed by atoms with Gasteiger partial charge in [0.25, 0.3) is 0 Å². The van der Waals surface area contributed by atoms with Gasteiger partial charge in [0, 0.05) is 21.8 Å². The monoisotopic (exact) mass is 265 g/mol. The van der Waals surface area contributed by atoms with Crippen molar-refractivity contribution < 1.29 is 4.42 Å². The first-order valence-electron chi connectivity index (χ1n) is 6.33. The molecule has 0 fully saturated rings. The van der Waals surface area contributed by atoms with Crippen LogP contribution in [0.4, 0.5) is 0 Å². The fourth-order valence-electron chi connectivity index (χ4n) is 2.64. The van der Waals surface area contributed by atoms with Crippen LogP contribution < -0.4 is 5.76 Å². The van der Waals surface area contributed by atoms with Gasteiger partial charge in [-0.1, -0.05) is 36.4 Å². The third-order valence-corrected chi connectivity index (χ3v) is 3.46. The zero-order chi connectivity index (χ0) is 13.5. The first-order chi connectivity index (χ1) is 9.83. The Morgan fingerprint density at radius 1 is 1.00 bits per heavy atom. The van der Waals surface area contributed by atoms with E-state index in [0.29, 0.717) is 12.4 Å². The maximum atomic E-state index is 11.1. The van der Waals surface area contributed by atoms with E-state index in [4.69, 9.17) is 4.42 Å². The number of fused-ring (bicyclic) bond motifs is 3. The summed E-state index contributed by atoms with van der Waals surface area (Å²) in [4.78, 5) is 11.1. The summed E-state index contributed by atoms with van der Waals surface area (Å²) < 4.78 is 7.11. The highest BCUT2D eigenvalue weighted by atomic mass is 16.4. The van der Waals surface area contributed by atoms with Crippen LogP contribution in [-0.2, 0) is 6.54 Å². The second-order valence-electron chi connectivity index (χ2n) is 4.63. The van der Waals surface area contributed by atoms with Crippen molar-refractivity contribution >= 4 is 21.8 Å². The van der Waals surface area contributed by atoms with Gasteiger partial charge in [-0.15, -0.1) is 5.10 Å². The topological polar surface area (TPSA) is 63.8 Å². The van der Waals surface area contributed by atoms with Crippen LogP contribution in [0.15, 0.2) is 57.7 Å². The van der Waals surface area contributed by atoms with Crippen molar-refractivity contribution in [2.75, 3.05) is 0 Å². The summed E-state index contributed by atoms with van der Waals surface area (Å²) in [7, 11) is 0. The number of aromatic amines is 1. The van der Waals surface area contributed by atoms with Gasteiger partial charge in [0.2, 0.25) is 5.89 Å². The van der Waals surface area contributed by atoms with E-state index >= 15 is 0 Å². The molecule has 98 valence electrons. The number of nitrogens with zero attached hydrogens (tertiary/aromatic N) is 2. The highest BCUT2D eigenvalue weighted by molar-refractivity contribution is 6.07. The zero-order valence-corrected chi connectivity index (χ0v) is 10.5. The Morgan fingerprint density at radius 3 is 2.15 bits per heavy atom. The molecule has 0 bridgehead atoms. The molecule has 0 unspecified atom stereocenters. The maximum absolute atomic E-state index is 11.1. The Morgan fingerprint density at radius 2 is 1.60 bits per heavy atom. The van der Waals surface area contributed by atoms with Crippen LogP contribution in [0, 0.1) is 0 Å². The first-order valence-corrected chi connectivity index (χ1v) is 6.33. The highest BCUT2D eigenvalue weighted by Crippen LogP contribution is 2.28. The fraction of sp³-hybridized carbons (Fsp3) is 0.0667. The normalized spacial score (nSPS) is 11.4. The second-order valence-corrected chi connectivity index (χ2v) is 4.63. The number of rotatable bonds is 2. The molecule has 4 rings (SSSR count). The molecule has 5 nitrogen and oxygen atoms in total. The molecular formula is C15H11N3O2. The highest BCUT2D eigenvalue weighted by Gasteiger charge is 2.11. The van der Waals surface area contributed by atoms with Crippen molar-refractivity contribution in [3.63, 3.8) is 0 Å². The van der Waals surface area contributed by atoms with E-state index in [1.807, 2.05) is 24.3 Å². The summed E-state index contributed by atoms with van der Waals surface area (Å²) in [6, 6.07) is 16.3. The lowest BCUT2D eigenvalue weighted by Crippen LogP contribution is -1.99. The van der Waals surface area contributed by atoms with Gasteiger partial charge in [0.15, 0.2) is 0 Å². The lowest BCUT2D eigenvalue weighted by Gasteiger charge is -2.03. The van der Waals surface area contributed by atoms with E-state index in [1.54, 1.807) is 0 Å². The van der Waals surface area contributed by atoms with E-state index in [-0.39, 0.29) is 0 Å². The first kappa shape index (κ1) is 11.0. The third-order valence-electron chi connectivity index (χ3n) is 3.46. The number of nitrogens with one attached hydrogen (secondary N) is 1. The van der Waals surface area contributed by atoms with Crippen LogP contribution in [0.1, 0.15) is 5.89 Å². The summed E-state index contributed by atoms with van der Waals surface area (Å²) in [5.74, 6) is -0.151. The molecule has 0 aliphatic heterocycles. The number of hydrogen-bond donors (Lipinski definition) is 1. The van der Waals surface area contributed by atoms with Crippen LogP contribution in [0.2, 0.25) is 0 Å². The van der Waals surface area contributed by atoms with Crippen LogP contribution in [0.25, 0.3) is 21.8 Å². The Balaban J connectivity index is 2.02. The third kappa shape index (κ3) is 1.56. The largest absolute Gasteiger partial charge is 0.434 e. The van der Waals surface area contributed by atoms with Gasteiger partial charge < -0.3 is 8.98 Å². The van der Waals surface area contributed by atoms with Crippen LogP contribution in [-0.4, -0.2) is 14.8 Å². The lowest BCUT2D eigenvalue weighted by molar-refractivity contribution is 0.454. The van der Waals surface area contributed by atoms with Gasteiger partial charge in [-0.25, -0.2) is 9.89 Å². The summed E-state index contributed by atoms with van der Waals surface area (Å²) >= 11 is 0. The SMILES string of the molecule is O=c1[nH]nc(Cn2c3ccccc3c3ccccc32)o1. The van der Waals surface area contributed by atoms with E-state index < -0.39 is 5.76 Å². The molecule has 2 aromatic heterocycles. The molecule has 0 spiro atoms. The van der Waals surface area contributed by atoms with Crippen LogP contribution in [0.5, 0.6) is 0 Å². The molecule has 0 saturated carbocycles. The number of para-hydroxylation sites is 2. The molecule has 5 heteroatoms. The summed E-state index contributed by atoms with van der Waals surface area (Å²) in [6.45, 7) is 0.423. The van der Waals surface area contributed by atoms with Gasteiger partial charge in [-0.2, -0.15) is 0 Å². The van der Waals surface area contributed by atoms with Gasteiger partial charge >= 0.3 is 5.76 Å². The predicted molar refractivity (Wildman–Crippen MR) is 75.7 cm³/mol. The van der Waals surface area contributed by atoms with Crippen molar-refractivity contribution in [1.82, 2.24) is 14.8 Å². The van der Waals surface area contributed by atoms with Crippen molar-refractivity contribution in [3.05, 3.63) is 65.0 Å². The number of H-pyrrole nitrogens is 1. The second kappa shape index (κ2) is 4.09. The molecule has 0 amide bonds. The van der Waals surface area contributed by atoms with E-state index in [2.05, 4.69) is 39.0 Å². The van der Waals surface area contributed by atoms with Crippen molar-refractivity contribution in [2.45, 2.75) is 6.54 Å². The quantitative estimate of drug-likeness (QED) is 0.605. The molecule has 0 aliphatic carbocycles. The minimum absolute atomic E-state index is 0.376. The molecule has 1 N–H and O–H groups in total. The van der Waals surface area contributed by atoms with Gasteiger partial charge in [0.05, 0.1) is 0 Å². The summed E-state index contributed by atoms with van der Waals surface area (Å²) in [5.41, 5.74) is 2.19. The van der Waals surface area contributed by atoms with E-state index in [0.717, 1.165) is 11.0 Å². The number of benzene rings is 2. The van der Waals surface area contributed by atoms with Crippen molar-refractivity contribution in [1.29, 1.82) is 0 Å². The standard InChI is InChI=1S/C15H11N3O2/c19-15-17-16-14(20-15)9-18-12-7-3-1-5-10(12)11-6-2-4-8-13(11)18/h1-8H,9H2,(H,17,19). The Hall–Kier alpha value is -2.82. The Labute approximate surface area is 113 Å². The van der Waals surface area contributed by atoms with Crippen LogP contribution >= 0.6 is 0 Å². The minimum Gasteiger partial charge on any atom is -0.390 e. The number of aromatic nitrogens is 3. The summed E-state index contributed by atoms with van der Waals surface area (Å²) in [5, 5.41) is 8.53. The fourth-order valence-corrected chi connectivity index (χ4v) is 2.64. The minimum atomic E-state index is -0.527. The average molecular weight is 265 g/mol. The lowest BCUT2D eigenvalue weighted by atomic mass is 10.2. The van der Waals surface area contributed by atoms with Crippen LogP contribution in [0.3, 0.4) is 0 Å². The Kier molecular flexibility index (Phi) is 2.26. The molecule has 0 atom stereocenters. The summed E-state index contributed by atoms with van der Waals surface area (Å²) in [6.07, 6.45) is 0. The molecule has 4 aromatic rings. The average Bonchev–Trinajstić information content (AvgIpc) is 3.03.